The van der Waals surface area contributed by atoms with E-state index in [2.05, 4.69) is 0 Å². The second kappa shape index (κ2) is 5.44. The molecule has 0 spiro atoms. The predicted octanol–water partition coefficient (Wildman–Crippen LogP) is 3.03. The van der Waals surface area contributed by atoms with E-state index < -0.39 is 0 Å². The van der Waals surface area contributed by atoms with Gasteiger partial charge in [0.05, 0.1) is 19.8 Å². The molecule has 2 aromatic rings. The molecule has 0 saturated carbocycles. The number of para-hydroxylation sites is 1. The third kappa shape index (κ3) is 2.26. The molecule has 22 heavy (non-hydrogen) atoms. The molecular formula is C17H14O5. The molecule has 0 aromatic heterocycles. The topological polar surface area (TPSA) is 65.0 Å². The van der Waals surface area contributed by atoms with Crippen LogP contribution in [0, 0.1) is 0 Å². The van der Waals surface area contributed by atoms with E-state index in [9.17, 15) is 9.90 Å². The summed E-state index contributed by atoms with van der Waals surface area (Å²) in [5.41, 5.74) is 1.15. The Bertz CT molecular complexity index is 777. The molecule has 0 radical (unpaired) electrons. The van der Waals surface area contributed by atoms with Crippen LogP contribution in [0.25, 0.3) is 6.08 Å². The van der Waals surface area contributed by atoms with Gasteiger partial charge >= 0.3 is 0 Å². The molecule has 3 rings (SSSR count). The number of phenols is 1. The lowest BCUT2D eigenvalue weighted by Gasteiger charge is -2.05. The maximum Gasteiger partial charge on any atom is 0.232 e. The molecule has 0 unspecified atom stereocenters. The predicted molar refractivity (Wildman–Crippen MR) is 80.6 cm³/mol. The summed E-state index contributed by atoms with van der Waals surface area (Å²) >= 11 is 0. The van der Waals surface area contributed by atoms with Crippen LogP contribution in [0.4, 0.5) is 0 Å². The van der Waals surface area contributed by atoms with Crippen molar-refractivity contribution in [3.8, 4) is 23.0 Å². The zero-order valence-electron chi connectivity index (χ0n) is 12.1. The van der Waals surface area contributed by atoms with E-state index in [0.717, 1.165) is 0 Å². The minimum absolute atomic E-state index is 0.0354. The molecule has 1 heterocycles. The van der Waals surface area contributed by atoms with Crippen molar-refractivity contribution in [3.63, 3.8) is 0 Å². The Morgan fingerprint density at radius 1 is 1.09 bits per heavy atom. The van der Waals surface area contributed by atoms with Crippen LogP contribution in [0.2, 0.25) is 0 Å². The highest BCUT2D eigenvalue weighted by atomic mass is 16.5. The van der Waals surface area contributed by atoms with Gasteiger partial charge < -0.3 is 19.3 Å². The van der Waals surface area contributed by atoms with Crippen LogP contribution in [-0.4, -0.2) is 25.1 Å². The molecule has 1 aliphatic rings. The number of phenolic OH excluding ortho intramolecular Hbond substituents is 1. The molecule has 2 aromatic carbocycles. The summed E-state index contributed by atoms with van der Waals surface area (Å²) in [5, 5.41) is 9.60. The number of ketones is 1. The number of rotatable bonds is 3. The van der Waals surface area contributed by atoms with Gasteiger partial charge in [0.2, 0.25) is 5.78 Å². The van der Waals surface area contributed by atoms with Crippen molar-refractivity contribution in [1.82, 2.24) is 0 Å². The smallest absolute Gasteiger partial charge is 0.232 e. The van der Waals surface area contributed by atoms with Crippen molar-refractivity contribution in [3.05, 3.63) is 53.3 Å². The number of methoxy groups -OCH3 is 2. The molecule has 0 fully saturated rings. The molecule has 0 bridgehead atoms. The van der Waals surface area contributed by atoms with E-state index in [1.54, 1.807) is 36.4 Å². The molecule has 5 nitrogen and oxygen atoms in total. The van der Waals surface area contributed by atoms with Gasteiger partial charge in [0.15, 0.2) is 28.8 Å². The minimum Gasteiger partial charge on any atom is -0.504 e. The molecule has 0 amide bonds. The van der Waals surface area contributed by atoms with Gasteiger partial charge in [0, 0.05) is 0 Å². The normalized spacial score (nSPS) is 14.6. The summed E-state index contributed by atoms with van der Waals surface area (Å²) < 4.78 is 15.9. The van der Waals surface area contributed by atoms with Crippen LogP contribution in [0.5, 0.6) is 23.0 Å². The van der Waals surface area contributed by atoms with Crippen LogP contribution in [0.15, 0.2) is 42.2 Å². The number of carbonyl (C=O) groups excluding carboxylic acids is 1. The molecule has 0 atom stereocenters. The van der Waals surface area contributed by atoms with Crippen molar-refractivity contribution >= 4 is 11.9 Å². The van der Waals surface area contributed by atoms with Crippen LogP contribution in [0.3, 0.4) is 0 Å². The van der Waals surface area contributed by atoms with Gasteiger partial charge in [-0.2, -0.15) is 0 Å². The fourth-order valence-corrected chi connectivity index (χ4v) is 2.28. The highest BCUT2D eigenvalue weighted by molar-refractivity contribution is 6.15. The number of hydrogen-bond donors (Lipinski definition) is 1. The zero-order valence-corrected chi connectivity index (χ0v) is 12.1. The number of carbonyl (C=O) groups is 1. The molecule has 1 aliphatic heterocycles. The molecule has 0 aliphatic carbocycles. The van der Waals surface area contributed by atoms with E-state index in [-0.39, 0.29) is 17.3 Å². The number of benzene rings is 2. The Balaban J connectivity index is 1.99. The van der Waals surface area contributed by atoms with Crippen LogP contribution in [0.1, 0.15) is 15.9 Å². The maximum atomic E-state index is 12.4. The Kier molecular flexibility index (Phi) is 3.47. The van der Waals surface area contributed by atoms with E-state index in [1.807, 2.05) is 0 Å². The van der Waals surface area contributed by atoms with Gasteiger partial charge in [0.25, 0.3) is 0 Å². The average molecular weight is 298 g/mol. The molecule has 112 valence electrons. The lowest BCUT2D eigenvalue weighted by Crippen LogP contribution is -1.98. The van der Waals surface area contributed by atoms with E-state index >= 15 is 0 Å². The van der Waals surface area contributed by atoms with Gasteiger partial charge in [-0.3, -0.25) is 4.79 Å². The number of ether oxygens (including phenoxy) is 3. The largest absolute Gasteiger partial charge is 0.504 e. The third-order valence-electron chi connectivity index (χ3n) is 3.38. The summed E-state index contributed by atoms with van der Waals surface area (Å²) in [5.74, 6) is 1.29. The zero-order chi connectivity index (χ0) is 15.7. The number of hydrogen-bond acceptors (Lipinski definition) is 5. The fraction of sp³-hybridized carbons (Fsp3) is 0.118. The first kappa shape index (κ1) is 14.0. The quantitative estimate of drug-likeness (QED) is 0.882. The second-order valence-corrected chi connectivity index (χ2v) is 4.71. The Hall–Kier alpha value is -2.95. The van der Waals surface area contributed by atoms with Gasteiger partial charge in [-0.15, -0.1) is 0 Å². The number of fused-ring (bicyclic) bond motifs is 1. The summed E-state index contributed by atoms with van der Waals surface area (Å²) in [4.78, 5) is 12.4. The molecule has 0 saturated heterocycles. The summed E-state index contributed by atoms with van der Waals surface area (Å²) in [6, 6.07) is 9.96. The van der Waals surface area contributed by atoms with E-state index in [4.69, 9.17) is 14.2 Å². The lowest BCUT2D eigenvalue weighted by atomic mass is 10.1. The van der Waals surface area contributed by atoms with Crippen LogP contribution >= 0.6 is 0 Å². The highest BCUT2D eigenvalue weighted by Crippen LogP contribution is 2.39. The number of Topliss-reactive ketones (excluding diaryl/α,β-unsaturated/α-hetero) is 1. The van der Waals surface area contributed by atoms with Gasteiger partial charge in [0.1, 0.15) is 0 Å². The molecular weight excluding hydrogens is 284 g/mol. The monoisotopic (exact) mass is 298 g/mol. The standard InChI is InChI=1S/C17H14O5/c1-20-13-5-3-4-11-16(19)15(22-17(11)13)9-10-6-7-12(18)14(8-10)21-2/h3-9,18H,1-2H3/b15-9+. The van der Waals surface area contributed by atoms with E-state index in [1.165, 1.54) is 20.3 Å². The second-order valence-electron chi connectivity index (χ2n) is 4.71. The summed E-state index contributed by atoms with van der Waals surface area (Å²) in [7, 11) is 2.99. The molecule has 1 N–H and O–H groups in total. The van der Waals surface area contributed by atoms with Crippen molar-refractivity contribution in [2.75, 3.05) is 14.2 Å². The van der Waals surface area contributed by atoms with E-state index in [0.29, 0.717) is 28.4 Å². The van der Waals surface area contributed by atoms with Gasteiger partial charge in [-0.1, -0.05) is 12.1 Å². The first-order chi connectivity index (χ1) is 10.6. The molecule has 5 heteroatoms. The first-order valence-corrected chi connectivity index (χ1v) is 6.62. The Morgan fingerprint density at radius 3 is 2.59 bits per heavy atom. The first-order valence-electron chi connectivity index (χ1n) is 6.62. The number of allylic oxidation sites excluding steroid dienone is 1. The van der Waals surface area contributed by atoms with Crippen molar-refractivity contribution in [2.45, 2.75) is 0 Å². The van der Waals surface area contributed by atoms with Crippen molar-refractivity contribution < 1.29 is 24.1 Å². The SMILES string of the molecule is COc1cc(/C=C2/Oc3c(OC)cccc3C2=O)ccc1O. The Labute approximate surface area is 127 Å². The average Bonchev–Trinajstić information content (AvgIpc) is 2.85. The summed E-state index contributed by atoms with van der Waals surface area (Å²) in [6.45, 7) is 0. The Morgan fingerprint density at radius 2 is 1.86 bits per heavy atom. The van der Waals surface area contributed by atoms with Crippen molar-refractivity contribution in [2.24, 2.45) is 0 Å². The summed E-state index contributed by atoms with van der Waals surface area (Å²) in [6.07, 6.45) is 1.60. The maximum absolute atomic E-state index is 12.4. The van der Waals surface area contributed by atoms with Gasteiger partial charge in [-0.05, 0) is 35.9 Å². The van der Waals surface area contributed by atoms with Gasteiger partial charge in [-0.25, -0.2) is 0 Å². The lowest BCUT2D eigenvalue weighted by molar-refractivity contribution is 0.101. The third-order valence-corrected chi connectivity index (χ3v) is 3.38. The van der Waals surface area contributed by atoms with Crippen molar-refractivity contribution in [1.29, 1.82) is 0 Å². The van der Waals surface area contributed by atoms with Crippen LogP contribution < -0.4 is 14.2 Å². The fourth-order valence-electron chi connectivity index (χ4n) is 2.28. The minimum atomic E-state index is -0.207. The number of aromatic hydroxyl groups is 1. The van der Waals surface area contributed by atoms with Crippen LogP contribution in [-0.2, 0) is 0 Å². The highest BCUT2D eigenvalue weighted by Gasteiger charge is 2.30.